The maximum Gasteiger partial charge on any atom is 0.0466 e. The topological polar surface area (TPSA) is 15.3 Å². The van der Waals surface area contributed by atoms with Crippen molar-refractivity contribution < 1.29 is 0 Å². The fraction of sp³-hybridized carbons (Fsp3) is 0.294. The highest BCUT2D eigenvalue weighted by molar-refractivity contribution is 9.10. The molecule has 0 saturated carbocycles. The zero-order valence-electron chi connectivity index (χ0n) is 12.0. The Balaban J connectivity index is 1.95. The summed E-state index contributed by atoms with van der Waals surface area (Å²) in [6, 6.07) is 19.3. The van der Waals surface area contributed by atoms with E-state index in [2.05, 4.69) is 88.8 Å². The number of likely N-dealkylation sites (N-methyl/N-ethyl adjacent to an activating group) is 1. The number of nitrogens with zero attached hydrogens (tertiary/aromatic N) is 1. The minimum Gasteiger partial charge on any atom is -0.311 e. The summed E-state index contributed by atoms with van der Waals surface area (Å²) in [4.78, 5) is 2.25. The predicted molar refractivity (Wildman–Crippen MR) is 88.7 cm³/mol. The van der Waals surface area contributed by atoms with E-state index in [1.165, 1.54) is 11.1 Å². The molecule has 106 valence electrons. The highest BCUT2D eigenvalue weighted by Crippen LogP contribution is 2.18. The molecule has 1 N–H and O–H groups in total. The van der Waals surface area contributed by atoms with Crippen LogP contribution in [-0.2, 0) is 6.54 Å². The maximum atomic E-state index is 3.59. The Bertz CT molecular complexity index is 526. The van der Waals surface area contributed by atoms with Gasteiger partial charge in [0, 0.05) is 23.6 Å². The van der Waals surface area contributed by atoms with Crippen LogP contribution >= 0.6 is 15.9 Å². The van der Waals surface area contributed by atoms with Gasteiger partial charge in [-0.1, -0.05) is 64.5 Å². The van der Waals surface area contributed by atoms with Crippen LogP contribution < -0.4 is 5.32 Å². The zero-order chi connectivity index (χ0) is 14.4. The summed E-state index contributed by atoms with van der Waals surface area (Å²) >= 11 is 3.59. The van der Waals surface area contributed by atoms with Gasteiger partial charge in [-0.2, -0.15) is 0 Å². The lowest BCUT2D eigenvalue weighted by atomic mass is 10.1. The van der Waals surface area contributed by atoms with E-state index in [1.54, 1.807) is 0 Å². The number of hydrogen-bond donors (Lipinski definition) is 1. The molecular formula is C17H21BrN2. The molecule has 2 aromatic carbocycles. The summed E-state index contributed by atoms with van der Waals surface area (Å²) in [7, 11) is 4.25. The highest BCUT2D eigenvalue weighted by atomic mass is 79.9. The molecule has 3 heteroatoms. The molecule has 1 atom stereocenters. The van der Waals surface area contributed by atoms with Crippen LogP contribution in [0.15, 0.2) is 59.1 Å². The van der Waals surface area contributed by atoms with Crippen LogP contribution in [0.25, 0.3) is 0 Å². The molecule has 0 amide bonds. The normalized spacial score (nSPS) is 12.6. The minimum absolute atomic E-state index is 0.388. The monoisotopic (exact) mass is 332 g/mol. The molecule has 2 nitrogen and oxygen atoms in total. The van der Waals surface area contributed by atoms with Gasteiger partial charge in [0.25, 0.3) is 0 Å². The van der Waals surface area contributed by atoms with Gasteiger partial charge in [-0.25, -0.2) is 0 Å². The Morgan fingerprint density at radius 3 is 2.30 bits per heavy atom. The predicted octanol–water partition coefficient (Wildman–Crippen LogP) is 3.84. The summed E-state index contributed by atoms with van der Waals surface area (Å²) in [5, 5.41) is 3.55. The van der Waals surface area contributed by atoms with Gasteiger partial charge in [0.1, 0.15) is 0 Å². The molecule has 0 heterocycles. The van der Waals surface area contributed by atoms with E-state index in [4.69, 9.17) is 0 Å². The fourth-order valence-electron chi connectivity index (χ4n) is 2.26. The summed E-state index contributed by atoms with van der Waals surface area (Å²) in [5.74, 6) is 0. The average Bonchev–Trinajstić information content (AvgIpc) is 2.46. The van der Waals surface area contributed by atoms with E-state index in [0.29, 0.717) is 6.04 Å². The quantitative estimate of drug-likeness (QED) is 0.864. The Morgan fingerprint density at radius 1 is 1.00 bits per heavy atom. The van der Waals surface area contributed by atoms with E-state index in [9.17, 15) is 0 Å². The highest BCUT2D eigenvalue weighted by Gasteiger charge is 2.13. The molecule has 0 saturated heterocycles. The van der Waals surface area contributed by atoms with Crippen LogP contribution in [0, 0.1) is 0 Å². The number of hydrogen-bond acceptors (Lipinski definition) is 2. The van der Waals surface area contributed by atoms with E-state index in [0.717, 1.165) is 17.6 Å². The van der Waals surface area contributed by atoms with Crippen molar-refractivity contribution in [3.8, 4) is 0 Å². The van der Waals surface area contributed by atoms with Gasteiger partial charge in [0.15, 0.2) is 0 Å². The summed E-state index contributed by atoms with van der Waals surface area (Å²) in [6.07, 6.45) is 0. The van der Waals surface area contributed by atoms with Crippen LogP contribution in [0.1, 0.15) is 17.2 Å². The lowest BCUT2D eigenvalue weighted by molar-refractivity contribution is 0.288. The lowest BCUT2D eigenvalue weighted by Crippen LogP contribution is -2.30. The zero-order valence-corrected chi connectivity index (χ0v) is 13.6. The van der Waals surface area contributed by atoms with Crippen molar-refractivity contribution in [2.24, 2.45) is 0 Å². The molecule has 0 bridgehead atoms. The first kappa shape index (κ1) is 15.2. The molecule has 0 aliphatic carbocycles. The number of benzene rings is 2. The summed E-state index contributed by atoms with van der Waals surface area (Å²) < 4.78 is 1.16. The molecule has 0 fully saturated rings. The maximum absolute atomic E-state index is 3.59. The molecule has 0 aromatic heterocycles. The molecule has 2 rings (SSSR count). The second-order valence-corrected chi connectivity index (χ2v) is 5.97. The molecule has 1 unspecified atom stereocenters. The lowest BCUT2D eigenvalue weighted by Gasteiger charge is -2.25. The Morgan fingerprint density at radius 2 is 1.65 bits per heavy atom. The van der Waals surface area contributed by atoms with Crippen LogP contribution in [0.4, 0.5) is 0 Å². The van der Waals surface area contributed by atoms with Gasteiger partial charge in [-0.3, -0.25) is 0 Å². The van der Waals surface area contributed by atoms with E-state index in [-0.39, 0.29) is 0 Å². The van der Waals surface area contributed by atoms with E-state index < -0.39 is 0 Å². The SMILES string of the molecule is CN(C)C(CNCc1ccccc1Br)c1ccccc1. The van der Waals surface area contributed by atoms with E-state index >= 15 is 0 Å². The van der Waals surface area contributed by atoms with Gasteiger partial charge < -0.3 is 10.2 Å². The molecule has 0 aliphatic rings. The smallest absolute Gasteiger partial charge is 0.0466 e. The third-order valence-electron chi connectivity index (χ3n) is 3.42. The molecule has 20 heavy (non-hydrogen) atoms. The van der Waals surface area contributed by atoms with Crippen molar-refractivity contribution in [2.75, 3.05) is 20.6 Å². The number of halogens is 1. The van der Waals surface area contributed by atoms with Gasteiger partial charge >= 0.3 is 0 Å². The Kier molecular flexibility index (Phi) is 5.77. The van der Waals surface area contributed by atoms with Crippen molar-refractivity contribution in [1.29, 1.82) is 0 Å². The van der Waals surface area contributed by atoms with Gasteiger partial charge in [-0.15, -0.1) is 0 Å². The summed E-state index contributed by atoms with van der Waals surface area (Å²) in [5.41, 5.74) is 2.63. The van der Waals surface area contributed by atoms with Crippen LogP contribution in [0.2, 0.25) is 0 Å². The van der Waals surface area contributed by atoms with Gasteiger partial charge in [0.2, 0.25) is 0 Å². The molecule has 2 aromatic rings. The van der Waals surface area contributed by atoms with Gasteiger partial charge in [0.05, 0.1) is 0 Å². The Labute approximate surface area is 129 Å². The minimum atomic E-state index is 0.388. The standard InChI is InChI=1S/C17H21BrN2/c1-20(2)17(14-8-4-3-5-9-14)13-19-12-15-10-6-7-11-16(15)18/h3-11,17,19H,12-13H2,1-2H3. The third-order valence-corrected chi connectivity index (χ3v) is 4.19. The average molecular weight is 333 g/mol. The van der Waals surface area contributed by atoms with Crippen molar-refractivity contribution >= 4 is 15.9 Å². The second-order valence-electron chi connectivity index (χ2n) is 5.11. The molecule has 0 spiro atoms. The Hall–Kier alpha value is -1.16. The number of nitrogens with one attached hydrogen (secondary N) is 1. The summed E-state index contributed by atoms with van der Waals surface area (Å²) in [6.45, 7) is 1.80. The molecular weight excluding hydrogens is 312 g/mol. The van der Waals surface area contributed by atoms with Crippen LogP contribution in [-0.4, -0.2) is 25.5 Å². The molecule has 0 radical (unpaired) electrons. The largest absolute Gasteiger partial charge is 0.311 e. The fourth-order valence-corrected chi connectivity index (χ4v) is 2.68. The second kappa shape index (κ2) is 7.58. The first-order chi connectivity index (χ1) is 9.68. The van der Waals surface area contributed by atoms with E-state index in [1.807, 2.05) is 6.07 Å². The van der Waals surface area contributed by atoms with Crippen molar-refractivity contribution in [3.63, 3.8) is 0 Å². The molecule has 0 aliphatic heterocycles. The van der Waals surface area contributed by atoms with Crippen LogP contribution in [0.5, 0.6) is 0 Å². The number of rotatable bonds is 6. The van der Waals surface area contributed by atoms with Crippen molar-refractivity contribution in [3.05, 3.63) is 70.2 Å². The third kappa shape index (κ3) is 4.17. The first-order valence-corrected chi connectivity index (χ1v) is 7.63. The first-order valence-electron chi connectivity index (χ1n) is 6.84. The van der Waals surface area contributed by atoms with Crippen LogP contribution in [0.3, 0.4) is 0 Å². The van der Waals surface area contributed by atoms with Crippen molar-refractivity contribution in [1.82, 2.24) is 10.2 Å². The van der Waals surface area contributed by atoms with Gasteiger partial charge in [-0.05, 0) is 31.3 Å². The van der Waals surface area contributed by atoms with Crippen molar-refractivity contribution in [2.45, 2.75) is 12.6 Å².